The van der Waals surface area contributed by atoms with E-state index in [1.807, 2.05) is 24.3 Å². The van der Waals surface area contributed by atoms with Gasteiger partial charge in [0.1, 0.15) is 0 Å². The number of carbonyl (C=O) groups excluding carboxylic acids is 1. The second-order valence-corrected chi connectivity index (χ2v) is 4.56. The molecule has 0 unspecified atom stereocenters. The molecule has 0 saturated carbocycles. The molecule has 0 aliphatic rings. The van der Waals surface area contributed by atoms with Gasteiger partial charge in [-0.1, -0.05) is 0 Å². The van der Waals surface area contributed by atoms with Crippen LogP contribution in [0.15, 0.2) is 24.3 Å². The van der Waals surface area contributed by atoms with Crippen molar-refractivity contribution >= 4 is 17.3 Å². The molecule has 1 amide bonds. The van der Waals surface area contributed by atoms with E-state index in [4.69, 9.17) is 5.73 Å². The lowest BCUT2D eigenvalue weighted by molar-refractivity contribution is -0.128. The standard InChI is InChI=1S/C14H23N3O/c1-4-17(11-5-6-14(18)16(2)3)13-9-7-12(15)8-10-13/h7-10H,4-6,11,15H2,1-3H3. The van der Waals surface area contributed by atoms with Crippen LogP contribution in [0.3, 0.4) is 0 Å². The van der Waals surface area contributed by atoms with E-state index in [2.05, 4.69) is 11.8 Å². The molecular formula is C14H23N3O. The zero-order chi connectivity index (χ0) is 13.5. The average Bonchev–Trinajstić information content (AvgIpc) is 2.35. The first-order valence-electron chi connectivity index (χ1n) is 6.35. The summed E-state index contributed by atoms with van der Waals surface area (Å²) in [7, 11) is 3.58. The van der Waals surface area contributed by atoms with E-state index in [9.17, 15) is 4.79 Å². The van der Waals surface area contributed by atoms with Crippen LogP contribution in [-0.2, 0) is 4.79 Å². The number of nitrogens with two attached hydrogens (primary N) is 1. The van der Waals surface area contributed by atoms with Crippen LogP contribution in [0.1, 0.15) is 19.8 Å². The van der Waals surface area contributed by atoms with Gasteiger partial charge in [0.05, 0.1) is 0 Å². The summed E-state index contributed by atoms with van der Waals surface area (Å²) in [5, 5.41) is 0. The van der Waals surface area contributed by atoms with Gasteiger partial charge in [-0.25, -0.2) is 0 Å². The van der Waals surface area contributed by atoms with Gasteiger partial charge in [0.25, 0.3) is 0 Å². The molecule has 18 heavy (non-hydrogen) atoms. The van der Waals surface area contributed by atoms with Crippen molar-refractivity contribution < 1.29 is 4.79 Å². The smallest absolute Gasteiger partial charge is 0.222 e. The zero-order valence-electron chi connectivity index (χ0n) is 11.5. The Bertz CT molecular complexity index is 373. The van der Waals surface area contributed by atoms with Crippen LogP contribution in [0.25, 0.3) is 0 Å². The van der Waals surface area contributed by atoms with Gasteiger partial charge >= 0.3 is 0 Å². The van der Waals surface area contributed by atoms with Crippen molar-refractivity contribution in [3.05, 3.63) is 24.3 Å². The summed E-state index contributed by atoms with van der Waals surface area (Å²) in [6, 6.07) is 7.85. The minimum absolute atomic E-state index is 0.184. The first kappa shape index (κ1) is 14.4. The van der Waals surface area contributed by atoms with Gasteiger partial charge in [-0.2, -0.15) is 0 Å². The number of anilines is 2. The molecule has 100 valence electrons. The fourth-order valence-electron chi connectivity index (χ4n) is 1.80. The predicted octanol–water partition coefficient (Wildman–Crippen LogP) is 1.96. The molecule has 2 N–H and O–H groups in total. The Kier molecular flexibility index (Phi) is 5.49. The fraction of sp³-hybridized carbons (Fsp3) is 0.500. The minimum atomic E-state index is 0.184. The van der Waals surface area contributed by atoms with Gasteiger partial charge in [-0.3, -0.25) is 4.79 Å². The molecule has 1 aromatic rings. The molecule has 1 aromatic carbocycles. The molecule has 0 saturated heterocycles. The molecule has 0 aromatic heterocycles. The number of hydrogen-bond donors (Lipinski definition) is 1. The fourth-order valence-corrected chi connectivity index (χ4v) is 1.80. The number of amides is 1. The predicted molar refractivity (Wildman–Crippen MR) is 76.7 cm³/mol. The van der Waals surface area contributed by atoms with Gasteiger partial charge in [0, 0.05) is 45.0 Å². The molecule has 4 nitrogen and oxygen atoms in total. The number of nitrogens with zero attached hydrogens (tertiary/aromatic N) is 2. The Morgan fingerprint density at radius 1 is 1.22 bits per heavy atom. The molecule has 4 heteroatoms. The Balaban J connectivity index is 2.47. The van der Waals surface area contributed by atoms with Crippen molar-refractivity contribution in [2.75, 3.05) is 37.8 Å². The zero-order valence-corrected chi connectivity index (χ0v) is 11.5. The van der Waals surface area contributed by atoms with Crippen molar-refractivity contribution in [3.63, 3.8) is 0 Å². The monoisotopic (exact) mass is 249 g/mol. The van der Waals surface area contributed by atoms with Gasteiger partial charge in [-0.15, -0.1) is 0 Å². The quantitative estimate of drug-likeness (QED) is 0.784. The van der Waals surface area contributed by atoms with Crippen molar-refractivity contribution in [2.24, 2.45) is 0 Å². The van der Waals surface area contributed by atoms with E-state index in [0.717, 1.165) is 30.9 Å². The summed E-state index contributed by atoms with van der Waals surface area (Å²) >= 11 is 0. The van der Waals surface area contributed by atoms with E-state index in [1.165, 1.54) is 0 Å². The third kappa shape index (κ3) is 4.28. The van der Waals surface area contributed by atoms with Crippen molar-refractivity contribution in [2.45, 2.75) is 19.8 Å². The van der Waals surface area contributed by atoms with Crippen LogP contribution >= 0.6 is 0 Å². The van der Waals surface area contributed by atoms with Gasteiger partial charge < -0.3 is 15.5 Å². The number of hydrogen-bond acceptors (Lipinski definition) is 3. The SMILES string of the molecule is CCN(CCCC(=O)N(C)C)c1ccc(N)cc1. The maximum absolute atomic E-state index is 11.5. The molecule has 0 spiro atoms. The molecule has 0 radical (unpaired) electrons. The Morgan fingerprint density at radius 3 is 2.33 bits per heavy atom. The molecule has 0 aliphatic heterocycles. The Morgan fingerprint density at radius 2 is 1.83 bits per heavy atom. The molecule has 0 fully saturated rings. The first-order valence-corrected chi connectivity index (χ1v) is 6.35. The molecular weight excluding hydrogens is 226 g/mol. The maximum Gasteiger partial charge on any atom is 0.222 e. The van der Waals surface area contributed by atoms with Gasteiger partial charge in [0.2, 0.25) is 5.91 Å². The summed E-state index contributed by atoms with van der Waals surface area (Å²) < 4.78 is 0. The van der Waals surface area contributed by atoms with Crippen LogP contribution in [0.5, 0.6) is 0 Å². The lowest BCUT2D eigenvalue weighted by Gasteiger charge is -2.23. The van der Waals surface area contributed by atoms with E-state index in [1.54, 1.807) is 19.0 Å². The third-order valence-electron chi connectivity index (χ3n) is 2.96. The van der Waals surface area contributed by atoms with Crippen LogP contribution in [0.4, 0.5) is 11.4 Å². The van der Waals surface area contributed by atoms with E-state index in [0.29, 0.717) is 6.42 Å². The maximum atomic E-state index is 11.5. The van der Waals surface area contributed by atoms with Gasteiger partial charge in [0.15, 0.2) is 0 Å². The highest BCUT2D eigenvalue weighted by Crippen LogP contribution is 2.16. The number of rotatable bonds is 6. The minimum Gasteiger partial charge on any atom is -0.399 e. The highest BCUT2D eigenvalue weighted by atomic mass is 16.2. The van der Waals surface area contributed by atoms with Crippen LogP contribution in [-0.4, -0.2) is 38.0 Å². The van der Waals surface area contributed by atoms with E-state index >= 15 is 0 Å². The van der Waals surface area contributed by atoms with E-state index in [-0.39, 0.29) is 5.91 Å². The normalized spacial score (nSPS) is 10.2. The van der Waals surface area contributed by atoms with Crippen molar-refractivity contribution in [1.82, 2.24) is 4.90 Å². The Hall–Kier alpha value is -1.71. The molecule has 0 aliphatic carbocycles. The van der Waals surface area contributed by atoms with Gasteiger partial charge in [-0.05, 0) is 37.6 Å². The molecule has 0 heterocycles. The summed E-state index contributed by atoms with van der Waals surface area (Å²) in [5.41, 5.74) is 7.60. The van der Waals surface area contributed by atoms with Crippen LogP contribution in [0, 0.1) is 0 Å². The molecule has 0 bridgehead atoms. The summed E-state index contributed by atoms with van der Waals surface area (Å²) in [5.74, 6) is 0.184. The summed E-state index contributed by atoms with van der Waals surface area (Å²) in [6.45, 7) is 3.93. The third-order valence-corrected chi connectivity index (χ3v) is 2.96. The highest BCUT2D eigenvalue weighted by Gasteiger charge is 2.07. The molecule has 1 rings (SSSR count). The second-order valence-electron chi connectivity index (χ2n) is 4.56. The lowest BCUT2D eigenvalue weighted by Crippen LogP contribution is -2.26. The Labute approximate surface area is 109 Å². The molecule has 0 atom stereocenters. The second kappa shape index (κ2) is 6.89. The average molecular weight is 249 g/mol. The summed E-state index contributed by atoms with van der Waals surface area (Å²) in [6.07, 6.45) is 1.47. The summed E-state index contributed by atoms with van der Waals surface area (Å²) in [4.78, 5) is 15.4. The van der Waals surface area contributed by atoms with Crippen molar-refractivity contribution in [3.8, 4) is 0 Å². The first-order chi connectivity index (χ1) is 8.54. The number of carbonyl (C=O) groups is 1. The highest BCUT2D eigenvalue weighted by molar-refractivity contribution is 5.75. The lowest BCUT2D eigenvalue weighted by atomic mass is 10.2. The number of benzene rings is 1. The van der Waals surface area contributed by atoms with E-state index < -0.39 is 0 Å². The largest absolute Gasteiger partial charge is 0.399 e. The van der Waals surface area contributed by atoms with Crippen LogP contribution < -0.4 is 10.6 Å². The van der Waals surface area contributed by atoms with Crippen molar-refractivity contribution in [1.29, 1.82) is 0 Å². The number of nitrogen functional groups attached to an aromatic ring is 1. The van der Waals surface area contributed by atoms with Crippen LogP contribution in [0.2, 0.25) is 0 Å². The topological polar surface area (TPSA) is 49.6 Å².